The maximum Gasteiger partial charge on any atom is 0.244 e. The summed E-state index contributed by atoms with van der Waals surface area (Å²) in [7, 11) is 0. The van der Waals surface area contributed by atoms with Crippen molar-refractivity contribution in [2.24, 2.45) is 0 Å². The first-order valence-corrected chi connectivity index (χ1v) is 6.30. The largest absolute Gasteiger partial charge is 0.246 e. The van der Waals surface area contributed by atoms with Crippen molar-refractivity contribution >= 4 is 35.0 Å². The van der Waals surface area contributed by atoms with Crippen molar-refractivity contribution in [1.82, 2.24) is 20.2 Å². The number of aryl methyl sites for hydroxylation is 2. The number of pyridine rings is 1. The molecular formula is C10H8Cl2N4S. The van der Waals surface area contributed by atoms with Crippen LogP contribution in [0.4, 0.5) is 0 Å². The molecule has 0 unspecified atom stereocenters. The average Bonchev–Trinajstić information content (AvgIpc) is 2.22. The van der Waals surface area contributed by atoms with Crippen LogP contribution in [-0.4, -0.2) is 20.2 Å². The molecule has 0 fully saturated rings. The minimum atomic E-state index is 0.0706. The van der Waals surface area contributed by atoms with Crippen LogP contribution in [-0.2, 0) is 0 Å². The monoisotopic (exact) mass is 286 g/mol. The van der Waals surface area contributed by atoms with E-state index in [1.54, 1.807) is 0 Å². The van der Waals surface area contributed by atoms with E-state index < -0.39 is 0 Å². The van der Waals surface area contributed by atoms with Gasteiger partial charge in [-0.3, -0.25) is 0 Å². The summed E-state index contributed by atoms with van der Waals surface area (Å²) in [6.07, 6.45) is 0. The summed E-state index contributed by atoms with van der Waals surface area (Å²) in [5.74, 6) is 0. The van der Waals surface area contributed by atoms with E-state index >= 15 is 0 Å². The first-order valence-electron chi connectivity index (χ1n) is 4.73. The van der Waals surface area contributed by atoms with Crippen LogP contribution in [0.25, 0.3) is 0 Å². The first-order chi connectivity index (χ1) is 8.04. The Kier molecular flexibility index (Phi) is 3.81. The molecule has 0 saturated heterocycles. The molecule has 0 aliphatic carbocycles. The van der Waals surface area contributed by atoms with Crippen LogP contribution in [0.15, 0.2) is 22.2 Å². The Morgan fingerprint density at radius 2 is 1.82 bits per heavy atom. The van der Waals surface area contributed by atoms with Gasteiger partial charge < -0.3 is 0 Å². The first kappa shape index (κ1) is 12.5. The molecule has 17 heavy (non-hydrogen) atoms. The molecule has 0 amide bonds. The normalized spacial score (nSPS) is 10.6. The third kappa shape index (κ3) is 3.28. The summed E-state index contributed by atoms with van der Waals surface area (Å²) in [6, 6.07) is 3.95. The highest BCUT2D eigenvalue weighted by Gasteiger charge is 2.09. The van der Waals surface area contributed by atoms with Crippen molar-refractivity contribution in [2.45, 2.75) is 23.9 Å². The van der Waals surface area contributed by atoms with Crippen LogP contribution in [0, 0.1) is 13.8 Å². The second-order valence-corrected chi connectivity index (χ2v) is 5.11. The van der Waals surface area contributed by atoms with Crippen LogP contribution < -0.4 is 0 Å². The summed E-state index contributed by atoms with van der Waals surface area (Å²) in [4.78, 5) is 8.38. The van der Waals surface area contributed by atoms with E-state index in [4.69, 9.17) is 23.2 Å². The molecule has 0 aromatic carbocycles. The Labute approximate surface area is 113 Å². The van der Waals surface area contributed by atoms with E-state index in [0.717, 1.165) is 16.3 Å². The Morgan fingerprint density at radius 1 is 1.06 bits per heavy atom. The fraction of sp³-hybridized carbons (Fsp3) is 0.200. The van der Waals surface area contributed by atoms with Gasteiger partial charge in [-0.15, -0.1) is 10.2 Å². The van der Waals surface area contributed by atoms with Gasteiger partial charge in [0.2, 0.25) is 5.28 Å². The lowest BCUT2D eigenvalue weighted by Crippen LogP contribution is -1.93. The molecule has 0 aliphatic rings. The van der Waals surface area contributed by atoms with Crippen LogP contribution in [0.3, 0.4) is 0 Å². The Bertz CT molecular complexity index is 542. The van der Waals surface area contributed by atoms with Crippen molar-refractivity contribution in [3.8, 4) is 0 Å². The molecule has 7 heteroatoms. The van der Waals surface area contributed by atoms with Crippen LogP contribution in [0.2, 0.25) is 10.4 Å². The Balaban J connectivity index is 2.34. The van der Waals surface area contributed by atoms with Gasteiger partial charge in [-0.2, -0.15) is 0 Å². The molecule has 2 aromatic heterocycles. The van der Waals surface area contributed by atoms with Gasteiger partial charge in [-0.1, -0.05) is 11.6 Å². The molecule has 2 rings (SSSR count). The van der Waals surface area contributed by atoms with E-state index in [-0.39, 0.29) is 10.4 Å². The minimum Gasteiger partial charge on any atom is -0.246 e. The maximum absolute atomic E-state index is 5.88. The predicted octanol–water partition coefficient (Wildman–Crippen LogP) is 3.34. The second kappa shape index (κ2) is 5.16. The lowest BCUT2D eigenvalue weighted by atomic mass is 10.3. The molecule has 0 radical (unpaired) electrons. The van der Waals surface area contributed by atoms with E-state index in [9.17, 15) is 0 Å². The fourth-order valence-electron chi connectivity index (χ4n) is 1.30. The third-order valence-corrected chi connectivity index (χ3v) is 3.29. The van der Waals surface area contributed by atoms with Crippen molar-refractivity contribution in [2.75, 3.05) is 0 Å². The molecule has 88 valence electrons. The van der Waals surface area contributed by atoms with Crippen molar-refractivity contribution in [3.63, 3.8) is 0 Å². The van der Waals surface area contributed by atoms with Crippen molar-refractivity contribution in [3.05, 3.63) is 33.8 Å². The summed E-state index contributed by atoms with van der Waals surface area (Å²) in [6.45, 7) is 3.94. The van der Waals surface area contributed by atoms with Gasteiger partial charge in [0.25, 0.3) is 0 Å². The van der Waals surface area contributed by atoms with E-state index in [2.05, 4.69) is 20.2 Å². The quantitative estimate of drug-likeness (QED) is 0.847. The number of rotatable bonds is 2. The molecule has 0 N–H and O–H groups in total. The highest BCUT2D eigenvalue weighted by molar-refractivity contribution is 7.99. The lowest BCUT2D eigenvalue weighted by Gasteiger charge is -2.04. The molecular weight excluding hydrogens is 279 g/mol. The Morgan fingerprint density at radius 3 is 2.53 bits per heavy atom. The number of halogens is 2. The van der Waals surface area contributed by atoms with Gasteiger partial charge in [0.1, 0.15) is 10.1 Å². The predicted molar refractivity (Wildman–Crippen MR) is 67.7 cm³/mol. The highest BCUT2D eigenvalue weighted by Crippen LogP contribution is 2.30. The van der Waals surface area contributed by atoms with Gasteiger partial charge >= 0.3 is 0 Å². The van der Waals surface area contributed by atoms with Crippen LogP contribution in [0.1, 0.15) is 11.3 Å². The Hall–Kier alpha value is -0.910. The number of nitrogens with zero attached hydrogens (tertiary/aromatic N) is 4. The SMILES string of the molecule is Cc1cc(C)nc(Sc2nc(Cl)nnc2Cl)c1. The smallest absolute Gasteiger partial charge is 0.244 e. The fourth-order valence-corrected chi connectivity index (χ4v) is 2.56. The highest BCUT2D eigenvalue weighted by atomic mass is 35.5. The molecule has 2 aromatic rings. The molecule has 4 nitrogen and oxygen atoms in total. The molecule has 0 atom stereocenters. The lowest BCUT2D eigenvalue weighted by molar-refractivity contribution is 0.902. The maximum atomic E-state index is 5.88. The molecule has 0 spiro atoms. The van der Waals surface area contributed by atoms with Gasteiger partial charge in [-0.25, -0.2) is 9.97 Å². The number of aromatic nitrogens is 4. The van der Waals surface area contributed by atoms with Gasteiger partial charge in [0.15, 0.2) is 5.15 Å². The van der Waals surface area contributed by atoms with Crippen molar-refractivity contribution < 1.29 is 0 Å². The summed E-state index contributed by atoms with van der Waals surface area (Å²) >= 11 is 12.9. The van der Waals surface area contributed by atoms with Crippen LogP contribution >= 0.6 is 35.0 Å². The number of hydrogen-bond acceptors (Lipinski definition) is 5. The van der Waals surface area contributed by atoms with Gasteiger partial charge in [0, 0.05) is 5.69 Å². The van der Waals surface area contributed by atoms with Gasteiger partial charge in [0.05, 0.1) is 0 Å². The van der Waals surface area contributed by atoms with E-state index in [1.807, 2.05) is 26.0 Å². The van der Waals surface area contributed by atoms with E-state index in [1.165, 1.54) is 11.8 Å². The standard InChI is InChI=1S/C10H8Cl2N4S/c1-5-3-6(2)13-7(4-5)17-9-8(11)15-16-10(12)14-9/h3-4H,1-2H3. The average molecular weight is 287 g/mol. The molecule has 0 aliphatic heterocycles. The zero-order valence-corrected chi connectivity index (χ0v) is 11.4. The third-order valence-electron chi connectivity index (χ3n) is 1.87. The van der Waals surface area contributed by atoms with Gasteiger partial charge in [-0.05, 0) is 54.9 Å². The zero-order chi connectivity index (χ0) is 12.4. The number of hydrogen-bond donors (Lipinski definition) is 0. The molecule has 0 saturated carbocycles. The van der Waals surface area contributed by atoms with Crippen molar-refractivity contribution in [1.29, 1.82) is 0 Å². The molecule has 0 bridgehead atoms. The van der Waals surface area contributed by atoms with E-state index in [0.29, 0.717) is 5.03 Å². The summed E-state index contributed by atoms with van der Waals surface area (Å²) in [5.41, 5.74) is 2.07. The molecule has 2 heterocycles. The second-order valence-electron chi connectivity index (χ2n) is 3.40. The minimum absolute atomic E-state index is 0.0706. The summed E-state index contributed by atoms with van der Waals surface area (Å²) in [5, 5.41) is 8.85. The summed E-state index contributed by atoms with van der Waals surface area (Å²) < 4.78 is 0. The van der Waals surface area contributed by atoms with Crippen LogP contribution in [0.5, 0.6) is 0 Å². The topological polar surface area (TPSA) is 51.6 Å². The zero-order valence-electron chi connectivity index (χ0n) is 9.11.